The van der Waals surface area contributed by atoms with Crippen LogP contribution >= 0.6 is 0 Å². The van der Waals surface area contributed by atoms with Crippen molar-refractivity contribution in [2.75, 3.05) is 11.5 Å². The number of sulfone groups is 1. The van der Waals surface area contributed by atoms with Crippen LogP contribution in [0.3, 0.4) is 0 Å². The molecule has 2 amide bonds. The van der Waals surface area contributed by atoms with Gasteiger partial charge in [-0.2, -0.15) is 0 Å². The van der Waals surface area contributed by atoms with Crippen molar-refractivity contribution in [3.63, 3.8) is 0 Å². The number of aliphatic imine (C=N–C) groups is 1. The number of carbonyl (C=O) groups excluding carboxylic acids is 2. The van der Waals surface area contributed by atoms with Crippen molar-refractivity contribution < 1.29 is 18.0 Å². The minimum Gasteiger partial charge on any atom is -0.288 e. The molecule has 7 nitrogen and oxygen atoms in total. The molecule has 2 rings (SSSR count). The van der Waals surface area contributed by atoms with Crippen LogP contribution in [-0.4, -0.2) is 43.7 Å². The van der Waals surface area contributed by atoms with E-state index in [-0.39, 0.29) is 23.5 Å². The zero-order chi connectivity index (χ0) is 11.8. The number of hydrogen-bond acceptors (Lipinski definition) is 5. The Morgan fingerprint density at radius 3 is 2.06 bits per heavy atom. The second-order valence-corrected chi connectivity index (χ2v) is 6.07. The molecule has 2 fully saturated rings. The Bertz CT molecular complexity index is 436. The molecule has 0 aromatic carbocycles. The van der Waals surface area contributed by atoms with Crippen molar-refractivity contribution in [3.05, 3.63) is 0 Å². The van der Waals surface area contributed by atoms with Gasteiger partial charge in [-0.3, -0.25) is 20.2 Å². The quantitative estimate of drug-likeness (QED) is 0.530. The fraction of sp³-hybridized carbons (Fsp3) is 0.625. The van der Waals surface area contributed by atoms with Gasteiger partial charge in [-0.1, -0.05) is 0 Å². The minimum absolute atomic E-state index is 0.107. The van der Waals surface area contributed by atoms with Crippen LogP contribution in [0, 0.1) is 0 Å². The molecule has 2 aliphatic heterocycles. The lowest BCUT2D eigenvalue weighted by Gasteiger charge is -2.18. The Morgan fingerprint density at radius 1 is 1.06 bits per heavy atom. The molecular formula is C8H11N3O4S. The van der Waals surface area contributed by atoms with Crippen LogP contribution < -0.4 is 10.6 Å². The lowest BCUT2D eigenvalue weighted by atomic mass is 10.2. The van der Waals surface area contributed by atoms with Gasteiger partial charge in [0.05, 0.1) is 17.5 Å². The average Bonchev–Trinajstić information content (AvgIpc) is 2.50. The van der Waals surface area contributed by atoms with Gasteiger partial charge >= 0.3 is 11.8 Å². The van der Waals surface area contributed by atoms with Crippen LogP contribution in [0.4, 0.5) is 0 Å². The molecule has 0 bridgehead atoms. The highest BCUT2D eigenvalue weighted by molar-refractivity contribution is 7.91. The first-order valence-electron chi connectivity index (χ1n) is 4.87. The molecule has 0 saturated carbocycles. The van der Waals surface area contributed by atoms with E-state index in [4.69, 9.17) is 0 Å². The SMILES string of the molecule is O=C1NC(=NC2CCS(=O)(=O)CC2)NC1=O. The van der Waals surface area contributed by atoms with Gasteiger partial charge in [0, 0.05) is 0 Å². The van der Waals surface area contributed by atoms with Crippen molar-refractivity contribution in [2.45, 2.75) is 18.9 Å². The summed E-state index contributed by atoms with van der Waals surface area (Å²) in [5.74, 6) is -1.13. The number of amides is 2. The summed E-state index contributed by atoms with van der Waals surface area (Å²) in [6, 6.07) is -0.155. The molecule has 0 spiro atoms. The fourth-order valence-corrected chi connectivity index (χ4v) is 3.08. The van der Waals surface area contributed by atoms with Gasteiger partial charge < -0.3 is 0 Å². The normalized spacial score (nSPS) is 25.1. The molecule has 0 aliphatic carbocycles. The van der Waals surface area contributed by atoms with Crippen molar-refractivity contribution in [1.82, 2.24) is 10.6 Å². The number of nitrogens with zero attached hydrogens (tertiary/aromatic N) is 1. The Morgan fingerprint density at radius 2 is 1.56 bits per heavy atom. The predicted octanol–water partition coefficient (Wildman–Crippen LogP) is -1.83. The Hall–Kier alpha value is -1.44. The van der Waals surface area contributed by atoms with E-state index in [1.165, 1.54) is 0 Å². The van der Waals surface area contributed by atoms with E-state index in [1.54, 1.807) is 0 Å². The molecule has 0 unspecified atom stereocenters. The molecule has 2 aliphatic rings. The van der Waals surface area contributed by atoms with Gasteiger partial charge in [0.15, 0.2) is 0 Å². The van der Waals surface area contributed by atoms with Crippen LogP contribution in [0.15, 0.2) is 4.99 Å². The highest BCUT2D eigenvalue weighted by atomic mass is 32.2. The number of nitrogens with one attached hydrogen (secondary N) is 2. The summed E-state index contributed by atoms with van der Waals surface area (Å²) in [5.41, 5.74) is 0. The molecule has 0 radical (unpaired) electrons. The van der Waals surface area contributed by atoms with Crippen molar-refractivity contribution in [1.29, 1.82) is 0 Å². The molecule has 8 heteroatoms. The van der Waals surface area contributed by atoms with E-state index in [2.05, 4.69) is 15.6 Å². The summed E-state index contributed by atoms with van der Waals surface area (Å²) in [6.07, 6.45) is 0.856. The van der Waals surface area contributed by atoms with Gasteiger partial charge in [-0.05, 0) is 12.8 Å². The summed E-state index contributed by atoms with van der Waals surface area (Å²) in [6.45, 7) is 0. The standard InChI is InChI=1S/C8H11N3O4S/c12-6-7(13)11-8(10-6)9-5-1-3-16(14,15)4-2-5/h5H,1-4H2,(H2,9,10,11,12,13). The van der Waals surface area contributed by atoms with Gasteiger partial charge in [0.25, 0.3) is 0 Å². The highest BCUT2D eigenvalue weighted by Gasteiger charge is 2.28. The molecule has 0 aromatic rings. The number of rotatable bonds is 1. The first kappa shape index (κ1) is 11.1. The molecule has 2 heterocycles. The molecule has 88 valence electrons. The van der Waals surface area contributed by atoms with Crippen LogP contribution in [0.1, 0.15) is 12.8 Å². The number of hydrogen-bond donors (Lipinski definition) is 2. The number of guanidine groups is 1. The van der Waals surface area contributed by atoms with Crippen LogP contribution in [0.2, 0.25) is 0 Å². The second kappa shape index (κ2) is 3.85. The van der Waals surface area contributed by atoms with Crippen LogP contribution in [0.25, 0.3) is 0 Å². The van der Waals surface area contributed by atoms with Crippen molar-refractivity contribution in [2.24, 2.45) is 4.99 Å². The Labute approximate surface area is 92.2 Å². The lowest BCUT2D eigenvalue weighted by Crippen LogP contribution is -2.31. The van der Waals surface area contributed by atoms with Crippen molar-refractivity contribution in [3.8, 4) is 0 Å². The molecule has 0 aromatic heterocycles. The lowest BCUT2D eigenvalue weighted by molar-refractivity contribution is -0.135. The maximum Gasteiger partial charge on any atom is 0.316 e. The smallest absolute Gasteiger partial charge is 0.288 e. The molecule has 2 N–H and O–H groups in total. The first-order chi connectivity index (χ1) is 7.46. The predicted molar refractivity (Wildman–Crippen MR) is 55.4 cm³/mol. The third-order valence-corrected chi connectivity index (χ3v) is 4.22. The van der Waals surface area contributed by atoms with Crippen LogP contribution in [0.5, 0.6) is 0 Å². The summed E-state index contributed by atoms with van der Waals surface area (Å²) >= 11 is 0. The van der Waals surface area contributed by atoms with E-state index in [1.807, 2.05) is 0 Å². The zero-order valence-corrected chi connectivity index (χ0v) is 9.21. The van der Waals surface area contributed by atoms with E-state index in [9.17, 15) is 18.0 Å². The largest absolute Gasteiger partial charge is 0.316 e. The van der Waals surface area contributed by atoms with Gasteiger partial charge in [-0.15, -0.1) is 0 Å². The highest BCUT2D eigenvalue weighted by Crippen LogP contribution is 2.15. The van der Waals surface area contributed by atoms with Gasteiger partial charge in [0.1, 0.15) is 9.84 Å². The van der Waals surface area contributed by atoms with E-state index in [0.717, 1.165) is 0 Å². The van der Waals surface area contributed by atoms with Gasteiger partial charge in [0.2, 0.25) is 5.96 Å². The maximum absolute atomic E-state index is 11.1. The monoisotopic (exact) mass is 245 g/mol. The zero-order valence-electron chi connectivity index (χ0n) is 8.39. The third-order valence-electron chi connectivity index (χ3n) is 2.51. The van der Waals surface area contributed by atoms with E-state index < -0.39 is 21.7 Å². The summed E-state index contributed by atoms with van der Waals surface area (Å²) in [5, 5.41) is 4.55. The third kappa shape index (κ3) is 2.38. The topological polar surface area (TPSA) is 105 Å². The summed E-state index contributed by atoms with van der Waals surface area (Å²) in [7, 11) is -2.91. The van der Waals surface area contributed by atoms with Crippen LogP contribution in [-0.2, 0) is 19.4 Å². The van der Waals surface area contributed by atoms with Gasteiger partial charge in [-0.25, -0.2) is 13.4 Å². The average molecular weight is 245 g/mol. The first-order valence-corrected chi connectivity index (χ1v) is 6.69. The number of carbonyl (C=O) groups is 2. The van der Waals surface area contributed by atoms with E-state index in [0.29, 0.717) is 12.8 Å². The molecule has 0 atom stereocenters. The Balaban J connectivity index is 1.99. The maximum atomic E-state index is 11.1. The Kier molecular flexibility index (Phi) is 2.66. The summed E-state index contributed by atoms with van der Waals surface area (Å²) < 4.78 is 22.3. The molecule has 2 saturated heterocycles. The summed E-state index contributed by atoms with van der Waals surface area (Å²) in [4.78, 5) is 25.7. The molecule has 16 heavy (non-hydrogen) atoms. The van der Waals surface area contributed by atoms with Crippen molar-refractivity contribution >= 4 is 27.6 Å². The second-order valence-electron chi connectivity index (χ2n) is 3.77. The minimum atomic E-state index is -2.91. The fourth-order valence-electron chi connectivity index (χ4n) is 1.61. The van der Waals surface area contributed by atoms with E-state index >= 15 is 0 Å². The molecular weight excluding hydrogens is 234 g/mol.